The lowest BCUT2D eigenvalue weighted by molar-refractivity contribution is -0.155. The Morgan fingerprint density at radius 3 is 2.48 bits per heavy atom. The normalized spacial score (nSPS) is 19.2. The van der Waals surface area contributed by atoms with Gasteiger partial charge in [-0.05, 0) is 68.5 Å². The molecule has 5 rings (SSSR count). The van der Waals surface area contributed by atoms with Crippen LogP contribution in [0.1, 0.15) is 48.8 Å². The summed E-state index contributed by atoms with van der Waals surface area (Å²) in [5, 5.41) is 3.58. The largest absolute Gasteiger partial charge is 0.460 e. The van der Waals surface area contributed by atoms with Crippen LogP contribution in [-0.4, -0.2) is 54.6 Å². The standard InChI is InChI=1S/C29H30N2O6S3/c1-28(2,3)37-25(32)18-29(11-13-31(14-17-40(29,34)35)27(33)22-10-16-38-19-22)24-9-8-23(39-24)20-4-6-21(7-5-20)26-30-12-15-36-26/h4-10,12,15-16,19H,11,13-14,17-18H2,1-3H3. The van der Waals surface area contributed by atoms with E-state index in [1.54, 1.807) is 49.4 Å². The Kier molecular flexibility index (Phi) is 7.73. The molecule has 1 aliphatic heterocycles. The molecule has 0 aliphatic carbocycles. The van der Waals surface area contributed by atoms with E-state index in [1.165, 1.54) is 28.9 Å². The second-order valence-electron chi connectivity index (χ2n) is 10.7. The summed E-state index contributed by atoms with van der Waals surface area (Å²) in [5.41, 5.74) is 1.50. The van der Waals surface area contributed by atoms with E-state index in [1.807, 2.05) is 35.7 Å². The number of carbonyl (C=O) groups is 2. The Morgan fingerprint density at radius 1 is 1.07 bits per heavy atom. The molecule has 1 amide bonds. The van der Waals surface area contributed by atoms with Gasteiger partial charge < -0.3 is 14.1 Å². The molecule has 4 heterocycles. The van der Waals surface area contributed by atoms with Gasteiger partial charge in [-0.15, -0.1) is 11.3 Å². The molecule has 0 radical (unpaired) electrons. The van der Waals surface area contributed by atoms with Gasteiger partial charge >= 0.3 is 5.97 Å². The summed E-state index contributed by atoms with van der Waals surface area (Å²) in [5.74, 6) is -0.522. The van der Waals surface area contributed by atoms with E-state index >= 15 is 0 Å². The van der Waals surface area contributed by atoms with E-state index in [9.17, 15) is 18.0 Å². The van der Waals surface area contributed by atoms with Crippen molar-refractivity contribution in [3.8, 4) is 21.9 Å². The highest BCUT2D eigenvalue weighted by molar-refractivity contribution is 7.92. The van der Waals surface area contributed by atoms with E-state index in [0.29, 0.717) is 16.3 Å². The molecule has 210 valence electrons. The third-order valence-electron chi connectivity index (χ3n) is 6.82. The van der Waals surface area contributed by atoms with Crippen LogP contribution >= 0.6 is 22.7 Å². The highest BCUT2D eigenvalue weighted by atomic mass is 32.2. The van der Waals surface area contributed by atoms with Crippen LogP contribution in [0.3, 0.4) is 0 Å². The number of carbonyl (C=O) groups excluding carboxylic acids is 2. The van der Waals surface area contributed by atoms with E-state index < -0.39 is 26.2 Å². The molecule has 1 fully saturated rings. The average Bonchev–Trinajstić information content (AvgIpc) is 3.68. The summed E-state index contributed by atoms with van der Waals surface area (Å²) in [6, 6.07) is 13.1. The number of esters is 1. The summed E-state index contributed by atoms with van der Waals surface area (Å²) < 4.78 is 37.6. The second-order valence-corrected chi connectivity index (χ2v) is 15.0. The van der Waals surface area contributed by atoms with Gasteiger partial charge in [0.15, 0.2) is 9.84 Å². The molecule has 0 bridgehead atoms. The second kappa shape index (κ2) is 10.9. The minimum absolute atomic E-state index is 0.0631. The summed E-state index contributed by atoms with van der Waals surface area (Å²) in [4.78, 5) is 33.5. The Labute approximate surface area is 241 Å². The van der Waals surface area contributed by atoms with Crippen molar-refractivity contribution in [3.05, 3.63) is 76.1 Å². The predicted molar refractivity (Wildman–Crippen MR) is 156 cm³/mol. The zero-order chi connectivity index (χ0) is 28.5. The summed E-state index contributed by atoms with van der Waals surface area (Å²) in [6.45, 7) is 5.53. The van der Waals surface area contributed by atoms with Gasteiger partial charge in [0.1, 0.15) is 16.6 Å². The van der Waals surface area contributed by atoms with E-state index in [-0.39, 0.29) is 37.6 Å². The number of thiophene rings is 2. The molecule has 11 heteroatoms. The molecular weight excluding hydrogens is 569 g/mol. The van der Waals surface area contributed by atoms with Crippen LogP contribution < -0.4 is 0 Å². The number of nitrogens with zero attached hydrogens (tertiary/aromatic N) is 2. The van der Waals surface area contributed by atoms with Gasteiger partial charge in [-0.25, -0.2) is 13.4 Å². The van der Waals surface area contributed by atoms with Crippen LogP contribution in [0.25, 0.3) is 21.9 Å². The lowest BCUT2D eigenvalue weighted by atomic mass is 9.97. The van der Waals surface area contributed by atoms with Crippen molar-refractivity contribution >= 4 is 44.4 Å². The number of ether oxygens (including phenoxy) is 1. The number of amides is 1. The molecule has 0 spiro atoms. The first kappa shape index (κ1) is 28.3. The number of hydrogen-bond donors (Lipinski definition) is 0. The summed E-state index contributed by atoms with van der Waals surface area (Å²) >= 11 is 2.76. The summed E-state index contributed by atoms with van der Waals surface area (Å²) in [6.07, 6.45) is 2.87. The summed E-state index contributed by atoms with van der Waals surface area (Å²) in [7, 11) is -3.87. The van der Waals surface area contributed by atoms with Crippen molar-refractivity contribution in [1.82, 2.24) is 9.88 Å². The number of aromatic nitrogens is 1. The molecule has 3 aromatic heterocycles. The molecule has 1 unspecified atom stereocenters. The fourth-order valence-corrected chi connectivity index (χ4v) is 9.06. The van der Waals surface area contributed by atoms with Crippen LogP contribution in [0.15, 0.2) is 70.1 Å². The first-order chi connectivity index (χ1) is 19.0. The van der Waals surface area contributed by atoms with Crippen LogP contribution in [0, 0.1) is 0 Å². The molecule has 4 aromatic rings. The Bertz CT molecular complexity index is 1580. The maximum Gasteiger partial charge on any atom is 0.308 e. The first-order valence-corrected chi connectivity index (χ1v) is 16.2. The third kappa shape index (κ3) is 5.77. The lowest BCUT2D eigenvalue weighted by Gasteiger charge is -2.31. The highest BCUT2D eigenvalue weighted by Gasteiger charge is 2.50. The maximum absolute atomic E-state index is 14.0. The average molecular weight is 599 g/mol. The fraction of sp³-hybridized carbons (Fsp3) is 0.345. The van der Waals surface area contributed by atoms with Gasteiger partial charge in [0.05, 0.1) is 23.9 Å². The maximum atomic E-state index is 14.0. The van der Waals surface area contributed by atoms with Crippen molar-refractivity contribution in [2.24, 2.45) is 0 Å². The Morgan fingerprint density at radius 2 is 1.82 bits per heavy atom. The van der Waals surface area contributed by atoms with Crippen LogP contribution in [0.5, 0.6) is 0 Å². The number of oxazole rings is 1. The van der Waals surface area contributed by atoms with E-state index in [2.05, 4.69) is 4.98 Å². The zero-order valence-corrected chi connectivity index (χ0v) is 24.9. The van der Waals surface area contributed by atoms with Crippen LogP contribution in [-0.2, 0) is 24.1 Å². The predicted octanol–water partition coefficient (Wildman–Crippen LogP) is 6.02. The molecule has 0 saturated carbocycles. The van der Waals surface area contributed by atoms with Crippen molar-refractivity contribution in [2.45, 2.75) is 44.0 Å². The van der Waals surface area contributed by atoms with Gasteiger partial charge in [-0.1, -0.05) is 12.1 Å². The van der Waals surface area contributed by atoms with Crippen LogP contribution in [0.4, 0.5) is 0 Å². The van der Waals surface area contributed by atoms with Gasteiger partial charge in [0, 0.05) is 33.8 Å². The molecule has 1 aliphatic rings. The van der Waals surface area contributed by atoms with Gasteiger partial charge in [-0.3, -0.25) is 9.59 Å². The monoisotopic (exact) mass is 598 g/mol. The first-order valence-electron chi connectivity index (χ1n) is 12.8. The van der Waals surface area contributed by atoms with Crippen molar-refractivity contribution in [2.75, 3.05) is 18.8 Å². The van der Waals surface area contributed by atoms with Gasteiger partial charge in [-0.2, -0.15) is 11.3 Å². The van der Waals surface area contributed by atoms with Crippen LogP contribution in [0.2, 0.25) is 0 Å². The van der Waals surface area contributed by atoms with Crippen molar-refractivity contribution in [1.29, 1.82) is 0 Å². The SMILES string of the molecule is CC(C)(C)OC(=O)CC1(c2ccc(-c3ccc(-c4ncco4)cc3)s2)CCN(C(=O)c2ccsc2)CCS1(=O)=O. The number of sulfone groups is 1. The molecule has 0 N–H and O–H groups in total. The molecule has 1 saturated heterocycles. The lowest BCUT2D eigenvalue weighted by Crippen LogP contribution is -2.40. The van der Waals surface area contributed by atoms with E-state index in [0.717, 1.165) is 16.0 Å². The number of hydrogen-bond acceptors (Lipinski definition) is 9. The number of rotatable bonds is 6. The molecule has 1 atom stereocenters. The van der Waals surface area contributed by atoms with E-state index in [4.69, 9.17) is 9.15 Å². The minimum Gasteiger partial charge on any atom is -0.460 e. The zero-order valence-electron chi connectivity index (χ0n) is 22.5. The molecular formula is C29H30N2O6S3. The Hall–Kier alpha value is -3.28. The minimum atomic E-state index is -3.87. The van der Waals surface area contributed by atoms with Gasteiger partial charge in [0.25, 0.3) is 5.91 Å². The third-order valence-corrected chi connectivity index (χ3v) is 11.4. The molecule has 1 aromatic carbocycles. The molecule has 40 heavy (non-hydrogen) atoms. The smallest absolute Gasteiger partial charge is 0.308 e. The molecule has 8 nitrogen and oxygen atoms in total. The fourth-order valence-electron chi connectivity index (χ4n) is 4.83. The number of benzene rings is 1. The van der Waals surface area contributed by atoms with Crippen molar-refractivity contribution in [3.63, 3.8) is 0 Å². The highest BCUT2D eigenvalue weighted by Crippen LogP contribution is 2.46. The topological polar surface area (TPSA) is 107 Å². The Balaban J connectivity index is 1.50. The quantitative estimate of drug-likeness (QED) is 0.250. The van der Waals surface area contributed by atoms with Crippen molar-refractivity contribution < 1.29 is 27.2 Å². The van der Waals surface area contributed by atoms with Gasteiger partial charge in [0.2, 0.25) is 5.89 Å².